The first kappa shape index (κ1) is 29.7. The number of carbonyl (C=O) groups is 3. The molecule has 3 N–H and O–H groups in total. The molecule has 2 amide bonds. The monoisotopic (exact) mass is 586 g/mol. The summed E-state index contributed by atoms with van der Waals surface area (Å²) >= 11 is 0. The Balaban J connectivity index is 1.52. The molecule has 1 aliphatic rings. The highest BCUT2D eigenvalue weighted by molar-refractivity contribution is 5.99. The lowest BCUT2D eigenvalue weighted by Crippen LogP contribution is -2.47. The number of rotatable bonds is 9. The van der Waals surface area contributed by atoms with Gasteiger partial charge in [0.15, 0.2) is 5.78 Å². The van der Waals surface area contributed by atoms with Crippen LogP contribution in [0.15, 0.2) is 85.1 Å². The molecule has 0 spiro atoms. The molecule has 5 rings (SSSR count). The van der Waals surface area contributed by atoms with Crippen LogP contribution < -0.4 is 11.1 Å². The van der Waals surface area contributed by atoms with Crippen molar-refractivity contribution in [2.75, 3.05) is 13.1 Å². The summed E-state index contributed by atoms with van der Waals surface area (Å²) in [5.74, 6) is -3.59. The molecule has 4 aromatic rings. The molecule has 1 aliphatic heterocycles. The van der Waals surface area contributed by atoms with Gasteiger partial charge in [-0.2, -0.15) is 0 Å². The van der Waals surface area contributed by atoms with Gasteiger partial charge in [0.05, 0.1) is 23.8 Å². The predicted octanol–water partition coefficient (Wildman–Crippen LogP) is 5.01. The van der Waals surface area contributed by atoms with Crippen molar-refractivity contribution in [3.63, 3.8) is 0 Å². The maximum Gasteiger partial charge on any atom is 0.254 e. The van der Waals surface area contributed by atoms with Gasteiger partial charge in [-0.25, -0.2) is 13.2 Å². The number of nitrogens with zero attached hydrogens (tertiary/aromatic N) is 2. The van der Waals surface area contributed by atoms with Gasteiger partial charge in [-0.3, -0.25) is 19.4 Å². The Morgan fingerprint density at radius 3 is 2.42 bits per heavy atom. The largest absolute Gasteiger partial charge is 0.346 e. The predicted molar refractivity (Wildman–Crippen MR) is 154 cm³/mol. The highest BCUT2D eigenvalue weighted by Gasteiger charge is 2.36. The van der Waals surface area contributed by atoms with Crippen molar-refractivity contribution < 1.29 is 27.6 Å². The number of nitrogens with two attached hydrogens (primary N) is 1. The molecule has 220 valence electrons. The van der Waals surface area contributed by atoms with E-state index >= 15 is 0 Å². The number of hydrogen-bond donors (Lipinski definition) is 2. The number of likely N-dealkylation sites (tertiary alicyclic amines) is 1. The van der Waals surface area contributed by atoms with E-state index in [1.54, 1.807) is 42.5 Å². The lowest BCUT2D eigenvalue weighted by molar-refractivity contribution is -0.125. The molecule has 2 atom stereocenters. The van der Waals surface area contributed by atoms with E-state index in [1.807, 2.05) is 0 Å². The summed E-state index contributed by atoms with van der Waals surface area (Å²) in [5.41, 5.74) is 7.24. The highest BCUT2D eigenvalue weighted by atomic mass is 19.1. The summed E-state index contributed by atoms with van der Waals surface area (Å²) in [4.78, 5) is 45.3. The van der Waals surface area contributed by atoms with Gasteiger partial charge >= 0.3 is 0 Å². The Morgan fingerprint density at radius 2 is 1.70 bits per heavy atom. The smallest absolute Gasteiger partial charge is 0.254 e. The molecule has 0 aliphatic carbocycles. The van der Waals surface area contributed by atoms with Gasteiger partial charge in [-0.1, -0.05) is 30.3 Å². The zero-order valence-electron chi connectivity index (χ0n) is 23.1. The first-order valence-corrected chi connectivity index (χ1v) is 13.8. The minimum absolute atomic E-state index is 0.0421. The molecule has 10 heteroatoms. The van der Waals surface area contributed by atoms with Crippen LogP contribution in [-0.4, -0.2) is 46.6 Å². The van der Waals surface area contributed by atoms with Crippen LogP contribution in [0.25, 0.3) is 11.1 Å². The van der Waals surface area contributed by atoms with Crippen molar-refractivity contribution in [2.24, 2.45) is 5.73 Å². The fourth-order valence-corrected chi connectivity index (χ4v) is 5.43. The van der Waals surface area contributed by atoms with Gasteiger partial charge in [-0.15, -0.1) is 0 Å². The fraction of sp³-hybridized carbons (Fsp3) is 0.212. The second-order valence-electron chi connectivity index (χ2n) is 10.3. The van der Waals surface area contributed by atoms with E-state index in [2.05, 4.69) is 10.3 Å². The molecule has 0 radical (unpaired) electrons. The average molecular weight is 587 g/mol. The van der Waals surface area contributed by atoms with Crippen LogP contribution in [0.1, 0.15) is 50.9 Å². The van der Waals surface area contributed by atoms with Gasteiger partial charge in [0, 0.05) is 29.9 Å². The van der Waals surface area contributed by atoms with Crippen molar-refractivity contribution in [3.05, 3.63) is 125 Å². The van der Waals surface area contributed by atoms with E-state index in [1.165, 1.54) is 35.4 Å². The number of hydrogen-bond acceptors (Lipinski definition) is 5. The minimum Gasteiger partial charge on any atom is -0.346 e. The molecule has 1 fully saturated rings. The Bertz CT molecular complexity index is 1640. The Morgan fingerprint density at radius 1 is 0.953 bits per heavy atom. The first-order valence-electron chi connectivity index (χ1n) is 13.8. The third kappa shape index (κ3) is 6.65. The number of pyridine rings is 1. The molecular weight excluding hydrogens is 557 g/mol. The van der Waals surface area contributed by atoms with E-state index in [-0.39, 0.29) is 30.0 Å². The number of Topliss-reactive ketones (excluding diaryl/α,β-unsaturated/α-hetero) is 1. The fourth-order valence-electron chi connectivity index (χ4n) is 5.43. The van der Waals surface area contributed by atoms with E-state index < -0.39 is 41.2 Å². The Labute approximate surface area is 246 Å². The van der Waals surface area contributed by atoms with E-state index in [0.717, 1.165) is 12.1 Å². The summed E-state index contributed by atoms with van der Waals surface area (Å²) in [7, 11) is 0. The number of amides is 2. The summed E-state index contributed by atoms with van der Waals surface area (Å²) < 4.78 is 42.8. The van der Waals surface area contributed by atoms with Crippen molar-refractivity contribution in [2.45, 2.75) is 31.3 Å². The van der Waals surface area contributed by atoms with Gasteiger partial charge in [-0.05, 0) is 72.9 Å². The number of halogens is 3. The van der Waals surface area contributed by atoms with Gasteiger partial charge in [0.2, 0.25) is 5.91 Å². The summed E-state index contributed by atoms with van der Waals surface area (Å²) in [6.45, 7) is 0.0115. The lowest BCUT2D eigenvalue weighted by atomic mass is 9.93. The first-order chi connectivity index (χ1) is 20.7. The van der Waals surface area contributed by atoms with Crippen molar-refractivity contribution in [1.82, 2.24) is 15.2 Å². The van der Waals surface area contributed by atoms with E-state index in [9.17, 15) is 27.6 Å². The normalized spacial score (nSPS) is 15.3. The van der Waals surface area contributed by atoms with Crippen LogP contribution in [0.2, 0.25) is 0 Å². The number of aromatic nitrogens is 1. The van der Waals surface area contributed by atoms with Crippen LogP contribution in [0.5, 0.6) is 0 Å². The Hall–Kier alpha value is -4.83. The number of nitrogens with one attached hydrogen (secondary N) is 1. The Kier molecular flexibility index (Phi) is 8.96. The summed E-state index contributed by atoms with van der Waals surface area (Å²) in [6.07, 6.45) is 2.52. The van der Waals surface area contributed by atoms with Crippen molar-refractivity contribution in [3.8, 4) is 11.1 Å². The van der Waals surface area contributed by atoms with Crippen LogP contribution in [-0.2, 0) is 11.2 Å². The van der Waals surface area contributed by atoms with Gasteiger partial charge in [0.25, 0.3) is 5.91 Å². The molecule has 7 nitrogen and oxygen atoms in total. The maximum absolute atomic E-state index is 14.5. The second kappa shape index (κ2) is 13.0. The second-order valence-corrected chi connectivity index (χ2v) is 10.3. The van der Waals surface area contributed by atoms with Gasteiger partial charge in [0.1, 0.15) is 23.5 Å². The summed E-state index contributed by atoms with van der Waals surface area (Å²) in [5, 5.41) is 2.97. The van der Waals surface area contributed by atoms with Crippen LogP contribution >= 0.6 is 0 Å². The quantitative estimate of drug-likeness (QED) is 0.268. The molecule has 1 aromatic heterocycles. The van der Waals surface area contributed by atoms with Gasteiger partial charge < -0.3 is 16.0 Å². The zero-order valence-corrected chi connectivity index (χ0v) is 23.1. The van der Waals surface area contributed by atoms with E-state index in [0.29, 0.717) is 41.8 Å². The standard InChI is InChI=1S/C33H29F3N4O3/c34-23-14-20(15-24(35)18-23)16-28(39-32(42)29-9-5-13-40(29)33(43)21-6-2-1-3-7-21)31-25(8-4-12-38-31)22-10-11-27(36)26(17-22)30(41)19-37/h1-4,6-8,10-12,14-15,17-18,28-29H,5,9,13,16,19,37H2,(H,39,42). The number of ketones is 1. The summed E-state index contributed by atoms with van der Waals surface area (Å²) in [6, 6.07) is 17.4. The lowest BCUT2D eigenvalue weighted by Gasteiger charge is -2.27. The number of carbonyl (C=O) groups excluding carboxylic acids is 3. The molecule has 0 saturated carbocycles. The zero-order chi connectivity index (χ0) is 30.5. The molecule has 2 heterocycles. The third-order valence-corrected chi connectivity index (χ3v) is 7.45. The van der Waals surface area contributed by atoms with Crippen LogP contribution in [0.4, 0.5) is 13.2 Å². The van der Waals surface area contributed by atoms with Crippen LogP contribution in [0, 0.1) is 17.5 Å². The third-order valence-electron chi connectivity index (χ3n) is 7.45. The number of benzene rings is 3. The van der Waals surface area contributed by atoms with Crippen LogP contribution in [0.3, 0.4) is 0 Å². The molecule has 1 saturated heterocycles. The molecule has 0 bridgehead atoms. The topological polar surface area (TPSA) is 105 Å². The SMILES string of the molecule is NCC(=O)c1cc(-c2cccnc2C(Cc2cc(F)cc(F)c2)NC(=O)C2CCCN2C(=O)c2ccccc2)ccc1F. The van der Waals surface area contributed by atoms with Crippen molar-refractivity contribution in [1.29, 1.82) is 0 Å². The maximum atomic E-state index is 14.5. The molecule has 2 unspecified atom stereocenters. The average Bonchev–Trinajstić information content (AvgIpc) is 3.50. The van der Waals surface area contributed by atoms with E-state index in [4.69, 9.17) is 5.73 Å². The minimum atomic E-state index is -0.905. The highest BCUT2D eigenvalue weighted by Crippen LogP contribution is 2.31. The molecule has 43 heavy (non-hydrogen) atoms. The molecular formula is C33H29F3N4O3. The molecule has 3 aromatic carbocycles. The van der Waals surface area contributed by atoms with Crippen molar-refractivity contribution >= 4 is 17.6 Å².